The van der Waals surface area contributed by atoms with E-state index >= 15 is 0 Å². The first-order chi connectivity index (χ1) is 12.3. The third-order valence-electron chi connectivity index (χ3n) is 4.58. The van der Waals surface area contributed by atoms with Gasteiger partial charge in [0.1, 0.15) is 5.65 Å². The van der Waals surface area contributed by atoms with Crippen LogP contribution in [0.1, 0.15) is 18.5 Å². The van der Waals surface area contributed by atoms with Crippen molar-refractivity contribution in [3.8, 4) is 11.1 Å². The van der Waals surface area contributed by atoms with Gasteiger partial charge in [-0.2, -0.15) is 14.8 Å². The zero-order valence-corrected chi connectivity index (χ0v) is 13.4. The summed E-state index contributed by atoms with van der Waals surface area (Å²) < 4.78 is 1.62. The fourth-order valence-electron chi connectivity index (χ4n) is 3.12. The molecule has 0 spiro atoms. The topological polar surface area (TPSA) is 88.0 Å². The fourth-order valence-corrected chi connectivity index (χ4v) is 3.12. The first kappa shape index (κ1) is 14.2. The lowest BCUT2D eigenvalue weighted by Crippen LogP contribution is -2.24. The normalized spacial score (nSPS) is 14.2. The van der Waals surface area contributed by atoms with Crippen LogP contribution in [0.25, 0.3) is 27.7 Å². The summed E-state index contributed by atoms with van der Waals surface area (Å²) in [5, 5.41) is 12.5. The van der Waals surface area contributed by atoms with E-state index in [1.54, 1.807) is 17.0 Å². The molecule has 25 heavy (non-hydrogen) atoms. The highest BCUT2D eigenvalue weighted by atomic mass is 16.2. The van der Waals surface area contributed by atoms with E-state index in [9.17, 15) is 4.79 Å². The van der Waals surface area contributed by atoms with Crippen LogP contribution in [-0.4, -0.2) is 30.7 Å². The number of carbonyl (C=O) groups is 1. The van der Waals surface area contributed by atoms with Crippen molar-refractivity contribution in [2.75, 3.05) is 0 Å². The van der Waals surface area contributed by atoms with Gasteiger partial charge in [-0.3, -0.25) is 4.79 Å². The van der Waals surface area contributed by atoms with Crippen LogP contribution in [0.15, 0.2) is 42.9 Å². The molecule has 2 N–H and O–H groups in total. The van der Waals surface area contributed by atoms with Crippen molar-refractivity contribution in [2.24, 2.45) is 5.92 Å². The van der Waals surface area contributed by atoms with Crippen LogP contribution in [0, 0.1) is 5.92 Å². The molecule has 5 rings (SSSR count). The molecule has 7 nitrogen and oxygen atoms in total. The predicted octanol–water partition coefficient (Wildman–Crippen LogP) is 2.30. The molecule has 0 unspecified atom stereocenters. The van der Waals surface area contributed by atoms with Gasteiger partial charge in [-0.25, -0.2) is 4.98 Å². The Morgan fingerprint density at radius 3 is 3.04 bits per heavy atom. The smallest absolute Gasteiger partial charge is 0.223 e. The number of nitrogens with one attached hydrogen (secondary N) is 2. The minimum absolute atomic E-state index is 0.139. The van der Waals surface area contributed by atoms with Gasteiger partial charge >= 0.3 is 0 Å². The molecule has 4 aromatic rings. The molecule has 0 aromatic carbocycles. The Labute approximate surface area is 143 Å². The largest absolute Gasteiger partial charge is 0.350 e. The molecule has 1 fully saturated rings. The van der Waals surface area contributed by atoms with E-state index in [0.29, 0.717) is 6.54 Å². The number of amides is 1. The highest BCUT2D eigenvalue weighted by Crippen LogP contribution is 2.31. The van der Waals surface area contributed by atoms with Crippen molar-refractivity contribution in [2.45, 2.75) is 19.4 Å². The van der Waals surface area contributed by atoms with Crippen molar-refractivity contribution in [1.29, 1.82) is 0 Å². The number of aromatic nitrogens is 5. The summed E-state index contributed by atoms with van der Waals surface area (Å²) in [4.78, 5) is 19.5. The van der Waals surface area contributed by atoms with Gasteiger partial charge < -0.3 is 10.3 Å². The third kappa shape index (κ3) is 2.44. The molecule has 4 heterocycles. The zero-order chi connectivity index (χ0) is 16.8. The maximum atomic E-state index is 11.8. The second-order valence-corrected chi connectivity index (χ2v) is 6.36. The van der Waals surface area contributed by atoms with Crippen molar-refractivity contribution in [1.82, 2.24) is 30.1 Å². The molecule has 7 heteroatoms. The molecule has 1 amide bonds. The van der Waals surface area contributed by atoms with Gasteiger partial charge in [-0.1, -0.05) is 0 Å². The van der Waals surface area contributed by atoms with Gasteiger partial charge in [-0.15, -0.1) is 0 Å². The monoisotopic (exact) mass is 332 g/mol. The summed E-state index contributed by atoms with van der Waals surface area (Å²) >= 11 is 0. The molecule has 4 aromatic heterocycles. The zero-order valence-electron chi connectivity index (χ0n) is 13.4. The Morgan fingerprint density at radius 1 is 1.24 bits per heavy atom. The molecule has 0 saturated heterocycles. The fraction of sp³-hybridized carbons (Fsp3) is 0.222. The molecule has 1 aliphatic rings. The Kier molecular flexibility index (Phi) is 3.06. The molecule has 124 valence electrons. The standard InChI is InChI=1S/C18H16N6O/c25-18(11-3-4-11)20-9-12-8-14-13(5-7-19-17(14)23-12)15-10-22-24-16(15)2-1-6-21-24/h1-2,5-8,10-11H,3-4,9H2,(H,19,23)(H,20,25). The molecule has 0 aliphatic heterocycles. The lowest BCUT2D eigenvalue weighted by atomic mass is 10.1. The predicted molar refractivity (Wildman–Crippen MR) is 92.6 cm³/mol. The van der Waals surface area contributed by atoms with Gasteiger partial charge in [0.25, 0.3) is 0 Å². The van der Waals surface area contributed by atoms with Crippen molar-refractivity contribution in [3.63, 3.8) is 0 Å². The molecular weight excluding hydrogens is 316 g/mol. The molecule has 1 saturated carbocycles. The van der Waals surface area contributed by atoms with Crippen molar-refractivity contribution >= 4 is 22.5 Å². The van der Waals surface area contributed by atoms with E-state index in [4.69, 9.17) is 0 Å². The Morgan fingerprint density at radius 2 is 2.16 bits per heavy atom. The highest BCUT2D eigenvalue weighted by molar-refractivity contribution is 5.97. The van der Waals surface area contributed by atoms with Gasteiger partial charge in [0.2, 0.25) is 5.91 Å². The summed E-state index contributed by atoms with van der Waals surface area (Å²) in [6.07, 6.45) is 7.32. The third-order valence-corrected chi connectivity index (χ3v) is 4.58. The molecule has 1 aliphatic carbocycles. The number of aromatic amines is 1. The van der Waals surface area contributed by atoms with E-state index in [1.165, 1.54) is 0 Å². The average Bonchev–Trinajstić information content (AvgIpc) is 3.27. The SMILES string of the molecule is O=C(NCc1cc2c(-c3cnn4ncccc34)ccnc2[nH]1)C1CC1. The molecule has 0 bridgehead atoms. The maximum Gasteiger partial charge on any atom is 0.223 e. The second-order valence-electron chi connectivity index (χ2n) is 6.36. The Hall–Kier alpha value is -3.22. The van der Waals surface area contributed by atoms with E-state index in [2.05, 4.69) is 25.5 Å². The van der Waals surface area contributed by atoms with E-state index in [-0.39, 0.29) is 11.8 Å². The van der Waals surface area contributed by atoms with Crippen molar-refractivity contribution in [3.05, 3.63) is 48.5 Å². The Balaban J connectivity index is 1.53. The number of fused-ring (bicyclic) bond motifs is 2. The van der Waals surface area contributed by atoms with Crippen LogP contribution in [0.4, 0.5) is 0 Å². The van der Waals surface area contributed by atoms with Crippen LogP contribution in [-0.2, 0) is 11.3 Å². The number of carbonyl (C=O) groups excluding carboxylic acids is 1. The number of nitrogens with zero attached hydrogens (tertiary/aromatic N) is 4. The van der Waals surface area contributed by atoms with E-state index in [0.717, 1.165) is 46.2 Å². The first-order valence-corrected chi connectivity index (χ1v) is 8.33. The number of hydrogen-bond acceptors (Lipinski definition) is 4. The minimum atomic E-state index is 0.139. The lowest BCUT2D eigenvalue weighted by Gasteiger charge is -2.01. The van der Waals surface area contributed by atoms with Gasteiger partial charge in [0.15, 0.2) is 0 Å². The summed E-state index contributed by atoms with van der Waals surface area (Å²) in [6.45, 7) is 0.488. The number of rotatable bonds is 4. The first-order valence-electron chi connectivity index (χ1n) is 8.33. The average molecular weight is 332 g/mol. The summed E-state index contributed by atoms with van der Waals surface area (Å²) in [5.41, 5.74) is 4.74. The molecule has 0 atom stereocenters. The van der Waals surface area contributed by atoms with Crippen molar-refractivity contribution < 1.29 is 4.79 Å². The van der Waals surface area contributed by atoms with E-state index in [1.807, 2.05) is 30.5 Å². The lowest BCUT2D eigenvalue weighted by molar-refractivity contribution is -0.122. The van der Waals surface area contributed by atoms with Gasteiger partial charge in [-0.05, 0) is 42.7 Å². The molecular formula is C18H16N6O. The van der Waals surface area contributed by atoms with Crippen LogP contribution in [0.5, 0.6) is 0 Å². The second kappa shape index (κ2) is 5.41. The van der Waals surface area contributed by atoms with Crippen LogP contribution < -0.4 is 5.32 Å². The summed E-state index contributed by atoms with van der Waals surface area (Å²) in [5.74, 6) is 0.352. The van der Waals surface area contributed by atoms with Crippen LogP contribution in [0.2, 0.25) is 0 Å². The summed E-state index contributed by atoms with van der Waals surface area (Å²) in [7, 11) is 0. The quantitative estimate of drug-likeness (QED) is 0.600. The van der Waals surface area contributed by atoms with Crippen LogP contribution >= 0.6 is 0 Å². The molecule has 0 radical (unpaired) electrons. The maximum absolute atomic E-state index is 11.8. The van der Waals surface area contributed by atoms with Crippen LogP contribution in [0.3, 0.4) is 0 Å². The van der Waals surface area contributed by atoms with Gasteiger partial charge in [0.05, 0.1) is 18.3 Å². The van der Waals surface area contributed by atoms with Gasteiger partial charge in [0, 0.05) is 35.0 Å². The number of H-pyrrole nitrogens is 1. The number of hydrogen-bond donors (Lipinski definition) is 2. The Bertz CT molecular complexity index is 1090. The minimum Gasteiger partial charge on any atom is -0.350 e. The highest BCUT2D eigenvalue weighted by Gasteiger charge is 2.29. The van der Waals surface area contributed by atoms with E-state index < -0.39 is 0 Å². The number of pyridine rings is 1. The summed E-state index contributed by atoms with van der Waals surface area (Å²) in [6, 6.07) is 7.91.